The van der Waals surface area contributed by atoms with Crippen LogP contribution >= 0.6 is 24.8 Å². The van der Waals surface area contributed by atoms with Gasteiger partial charge in [-0.25, -0.2) is 4.98 Å². The molecule has 3 N–H and O–H groups in total. The standard InChI is InChI=1S/C16H22N4O.2ClH/c1-11(17)8-16(21)18-10-12-9-15(20(2)3)19-14-7-5-4-6-13(12)14;;/h4-7,9,11H,8,10,17H2,1-3H3,(H,18,21);2*1H. The van der Waals surface area contributed by atoms with E-state index in [1.807, 2.05) is 56.3 Å². The first-order valence-corrected chi connectivity index (χ1v) is 7.05. The van der Waals surface area contributed by atoms with Crippen molar-refractivity contribution in [1.29, 1.82) is 0 Å². The Morgan fingerprint density at radius 2 is 1.96 bits per heavy atom. The van der Waals surface area contributed by atoms with Gasteiger partial charge in [-0.3, -0.25) is 4.79 Å². The summed E-state index contributed by atoms with van der Waals surface area (Å²) in [6, 6.07) is 9.83. The highest BCUT2D eigenvalue weighted by molar-refractivity contribution is 5.86. The Labute approximate surface area is 149 Å². The summed E-state index contributed by atoms with van der Waals surface area (Å²) in [7, 11) is 3.91. The Kier molecular flexibility index (Phi) is 8.90. The first kappa shape index (κ1) is 21.4. The van der Waals surface area contributed by atoms with Gasteiger partial charge in [0.1, 0.15) is 5.82 Å². The minimum Gasteiger partial charge on any atom is -0.363 e. The van der Waals surface area contributed by atoms with Crippen LogP contribution in [-0.4, -0.2) is 31.0 Å². The molecule has 5 nitrogen and oxygen atoms in total. The molecule has 23 heavy (non-hydrogen) atoms. The highest BCUT2D eigenvalue weighted by Crippen LogP contribution is 2.21. The summed E-state index contributed by atoms with van der Waals surface area (Å²) < 4.78 is 0. The molecule has 1 unspecified atom stereocenters. The summed E-state index contributed by atoms with van der Waals surface area (Å²) in [6.45, 7) is 2.31. The third-order valence-electron chi connectivity index (χ3n) is 3.23. The van der Waals surface area contributed by atoms with Gasteiger partial charge in [0.25, 0.3) is 0 Å². The first-order chi connectivity index (χ1) is 9.97. The average molecular weight is 359 g/mol. The zero-order valence-electron chi connectivity index (χ0n) is 13.6. The number of hydrogen-bond acceptors (Lipinski definition) is 4. The van der Waals surface area contributed by atoms with Gasteiger partial charge in [0.05, 0.1) is 5.52 Å². The molecule has 0 aliphatic heterocycles. The van der Waals surface area contributed by atoms with Crippen molar-refractivity contribution < 1.29 is 4.79 Å². The van der Waals surface area contributed by atoms with Crippen molar-refractivity contribution in [3.05, 3.63) is 35.9 Å². The Morgan fingerprint density at radius 3 is 2.57 bits per heavy atom. The van der Waals surface area contributed by atoms with Crippen LogP contribution in [0, 0.1) is 0 Å². The molecule has 0 bridgehead atoms. The maximum absolute atomic E-state index is 11.8. The molecule has 0 radical (unpaired) electrons. The van der Waals surface area contributed by atoms with E-state index in [0.717, 1.165) is 22.3 Å². The molecular formula is C16H24Cl2N4O. The molecule has 1 atom stereocenters. The number of para-hydroxylation sites is 1. The highest BCUT2D eigenvalue weighted by atomic mass is 35.5. The number of aromatic nitrogens is 1. The summed E-state index contributed by atoms with van der Waals surface area (Å²) in [5.74, 6) is 0.849. The van der Waals surface area contributed by atoms with Crippen LogP contribution in [0.25, 0.3) is 10.9 Å². The van der Waals surface area contributed by atoms with Crippen LogP contribution in [-0.2, 0) is 11.3 Å². The largest absolute Gasteiger partial charge is 0.363 e. The number of nitrogens with one attached hydrogen (secondary N) is 1. The topological polar surface area (TPSA) is 71.2 Å². The lowest BCUT2D eigenvalue weighted by Crippen LogP contribution is -2.29. The SMILES string of the molecule is CC(N)CC(=O)NCc1cc(N(C)C)nc2ccccc12.Cl.Cl. The molecule has 1 amide bonds. The minimum atomic E-state index is -0.128. The maximum atomic E-state index is 11.8. The molecule has 2 rings (SSSR count). The predicted molar refractivity (Wildman–Crippen MR) is 101 cm³/mol. The molecule has 2 aromatic rings. The van der Waals surface area contributed by atoms with E-state index in [9.17, 15) is 4.79 Å². The first-order valence-electron chi connectivity index (χ1n) is 7.05. The molecular weight excluding hydrogens is 335 g/mol. The quantitative estimate of drug-likeness (QED) is 0.861. The number of amides is 1. The van der Waals surface area contributed by atoms with Crippen molar-refractivity contribution in [2.24, 2.45) is 5.73 Å². The van der Waals surface area contributed by atoms with E-state index < -0.39 is 0 Å². The molecule has 1 heterocycles. The summed E-state index contributed by atoms with van der Waals surface area (Å²) in [4.78, 5) is 18.3. The molecule has 0 fully saturated rings. The average Bonchev–Trinajstić information content (AvgIpc) is 2.43. The number of nitrogens with zero attached hydrogens (tertiary/aromatic N) is 2. The van der Waals surface area contributed by atoms with Crippen LogP contribution in [0.15, 0.2) is 30.3 Å². The number of carbonyl (C=O) groups excluding carboxylic acids is 1. The molecule has 0 aliphatic carbocycles. The normalized spacial score (nSPS) is 11.1. The van der Waals surface area contributed by atoms with Crippen molar-refractivity contribution in [2.45, 2.75) is 25.9 Å². The Bertz CT molecular complexity index is 647. The van der Waals surface area contributed by atoms with Crippen molar-refractivity contribution in [3.63, 3.8) is 0 Å². The van der Waals surface area contributed by atoms with E-state index in [-0.39, 0.29) is 36.8 Å². The second-order valence-electron chi connectivity index (χ2n) is 5.51. The van der Waals surface area contributed by atoms with E-state index >= 15 is 0 Å². The van der Waals surface area contributed by atoms with Crippen molar-refractivity contribution >= 4 is 47.4 Å². The van der Waals surface area contributed by atoms with Crippen molar-refractivity contribution in [2.75, 3.05) is 19.0 Å². The fourth-order valence-electron chi connectivity index (χ4n) is 2.17. The minimum absolute atomic E-state index is 0. The van der Waals surface area contributed by atoms with Crippen molar-refractivity contribution in [1.82, 2.24) is 10.3 Å². The van der Waals surface area contributed by atoms with E-state index in [1.54, 1.807) is 0 Å². The third kappa shape index (κ3) is 5.86. The third-order valence-corrected chi connectivity index (χ3v) is 3.23. The van der Waals surface area contributed by atoms with Crippen LogP contribution in [0.3, 0.4) is 0 Å². The van der Waals surface area contributed by atoms with Crippen LogP contribution in [0.2, 0.25) is 0 Å². The molecule has 128 valence electrons. The summed E-state index contributed by atoms with van der Waals surface area (Å²) in [5.41, 5.74) is 7.63. The molecule has 0 aliphatic rings. The predicted octanol–water partition coefficient (Wildman–Crippen LogP) is 2.50. The van der Waals surface area contributed by atoms with Crippen LogP contribution in [0.5, 0.6) is 0 Å². The molecule has 1 aromatic carbocycles. The maximum Gasteiger partial charge on any atom is 0.221 e. The zero-order chi connectivity index (χ0) is 15.4. The fraction of sp³-hybridized carbons (Fsp3) is 0.375. The second-order valence-corrected chi connectivity index (χ2v) is 5.51. The smallest absolute Gasteiger partial charge is 0.221 e. The number of rotatable bonds is 5. The highest BCUT2D eigenvalue weighted by Gasteiger charge is 2.09. The van der Waals surface area contributed by atoms with Gasteiger partial charge in [-0.15, -0.1) is 24.8 Å². The summed E-state index contributed by atoms with van der Waals surface area (Å²) in [6.07, 6.45) is 0.337. The zero-order valence-corrected chi connectivity index (χ0v) is 15.2. The van der Waals surface area contributed by atoms with Crippen LogP contribution in [0.1, 0.15) is 18.9 Å². The summed E-state index contributed by atoms with van der Waals surface area (Å²) in [5, 5.41) is 3.98. The van der Waals surface area contributed by atoms with Gasteiger partial charge in [0, 0.05) is 38.5 Å². The van der Waals surface area contributed by atoms with E-state index in [2.05, 4.69) is 10.3 Å². The monoisotopic (exact) mass is 358 g/mol. The number of fused-ring (bicyclic) bond motifs is 1. The van der Waals surface area contributed by atoms with Gasteiger partial charge in [-0.05, 0) is 24.6 Å². The van der Waals surface area contributed by atoms with Gasteiger partial charge in [-0.2, -0.15) is 0 Å². The van der Waals surface area contributed by atoms with Gasteiger partial charge in [0.2, 0.25) is 5.91 Å². The van der Waals surface area contributed by atoms with Gasteiger partial charge < -0.3 is 16.0 Å². The lowest BCUT2D eigenvalue weighted by atomic mass is 10.1. The van der Waals surface area contributed by atoms with Crippen LogP contribution in [0.4, 0.5) is 5.82 Å². The van der Waals surface area contributed by atoms with Gasteiger partial charge in [-0.1, -0.05) is 18.2 Å². The van der Waals surface area contributed by atoms with Gasteiger partial charge >= 0.3 is 0 Å². The lowest BCUT2D eigenvalue weighted by Gasteiger charge is -2.15. The van der Waals surface area contributed by atoms with Crippen molar-refractivity contribution in [3.8, 4) is 0 Å². The fourth-order valence-corrected chi connectivity index (χ4v) is 2.17. The van der Waals surface area contributed by atoms with Gasteiger partial charge in [0.15, 0.2) is 0 Å². The Balaban J connectivity index is 0.00000242. The number of anilines is 1. The Hall–Kier alpha value is -1.56. The van der Waals surface area contributed by atoms with E-state index in [4.69, 9.17) is 5.73 Å². The molecule has 7 heteroatoms. The number of hydrogen-bond donors (Lipinski definition) is 2. The number of benzene rings is 1. The second kappa shape index (κ2) is 9.55. The van der Waals surface area contributed by atoms with E-state index in [0.29, 0.717) is 13.0 Å². The molecule has 0 saturated carbocycles. The van der Waals surface area contributed by atoms with E-state index in [1.165, 1.54) is 0 Å². The number of carbonyl (C=O) groups is 1. The van der Waals surface area contributed by atoms with Crippen LogP contribution < -0.4 is 16.0 Å². The molecule has 0 spiro atoms. The number of pyridine rings is 1. The lowest BCUT2D eigenvalue weighted by molar-refractivity contribution is -0.121. The molecule has 0 saturated heterocycles. The summed E-state index contributed by atoms with van der Waals surface area (Å²) >= 11 is 0. The number of nitrogens with two attached hydrogens (primary N) is 1. The molecule has 1 aromatic heterocycles. The Morgan fingerprint density at radius 1 is 1.30 bits per heavy atom. The number of halogens is 2.